The molecular weight excluding hydrogens is 265 g/mol. The fraction of sp³-hybridized carbons (Fsp3) is 0. The first-order valence-electron chi connectivity index (χ1n) is 4.00. The molecule has 2 rings (SSSR count). The van der Waals surface area contributed by atoms with Crippen molar-refractivity contribution >= 4 is 15.9 Å². The lowest BCUT2D eigenvalue weighted by molar-refractivity contribution is 0.434. The smallest absolute Gasteiger partial charge is 0.322 e. The van der Waals surface area contributed by atoms with Gasteiger partial charge < -0.3 is 4.74 Å². The first-order chi connectivity index (χ1) is 7.24. The second-order valence-electron chi connectivity index (χ2n) is 2.62. The van der Waals surface area contributed by atoms with E-state index in [0.717, 1.165) is 16.9 Å². The van der Waals surface area contributed by atoms with Crippen molar-refractivity contribution in [1.82, 2.24) is 15.0 Å². The second-order valence-corrected chi connectivity index (χ2v) is 3.54. The van der Waals surface area contributed by atoms with Crippen LogP contribution in [-0.2, 0) is 0 Å². The molecule has 0 saturated heterocycles. The van der Waals surface area contributed by atoms with Gasteiger partial charge in [0, 0.05) is 10.7 Å². The third-order valence-corrected chi connectivity index (χ3v) is 1.92. The molecule has 2 heterocycles. The van der Waals surface area contributed by atoms with E-state index in [4.69, 9.17) is 4.74 Å². The first kappa shape index (κ1) is 9.97. The largest absolute Gasteiger partial charge is 0.423 e. The Morgan fingerprint density at radius 3 is 2.53 bits per heavy atom. The maximum atomic E-state index is 12.5. The summed E-state index contributed by atoms with van der Waals surface area (Å²) in [5.41, 5.74) is 0. The number of hydrogen-bond acceptors (Lipinski definition) is 4. The number of rotatable bonds is 2. The highest BCUT2D eigenvalue weighted by Gasteiger charge is 2.01. The van der Waals surface area contributed by atoms with Crippen LogP contribution >= 0.6 is 15.9 Å². The zero-order chi connectivity index (χ0) is 10.7. The quantitative estimate of drug-likeness (QED) is 0.841. The van der Waals surface area contributed by atoms with Crippen LogP contribution in [0.1, 0.15) is 0 Å². The first-order valence-corrected chi connectivity index (χ1v) is 4.79. The Bertz CT molecular complexity index is 463. The fourth-order valence-corrected chi connectivity index (χ4v) is 1.25. The molecule has 0 unspecified atom stereocenters. The zero-order valence-corrected chi connectivity index (χ0v) is 8.98. The Hall–Kier alpha value is -1.56. The second kappa shape index (κ2) is 4.31. The van der Waals surface area contributed by atoms with Crippen LogP contribution in [0.4, 0.5) is 4.39 Å². The van der Waals surface area contributed by atoms with E-state index in [1.54, 1.807) is 12.3 Å². The van der Waals surface area contributed by atoms with E-state index in [1.807, 2.05) is 0 Å². The highest BCUT2D eigenvalue weighted by atomic mass is 79.9. The van der Waals surface area contributed by atoms with Crippen LogP contribution in [0.15, 0.2) is 35.3 Å². The van der Waals surface area contributed by atoms with Crippen LogP contribution in [0, 0.1) is 5.82 Å². The number of halogens is 2. The molecule has 0 saturated carbocycles. The van der Waals surface area contributed by atoms with Gasteiger partial charge in [0.15, 0.2) is 11.6 Å². The highest BCUT2D eigenvalue weighted by Crippen LogP contribution is 2.19. The van der Waals surface area contributed by atoms with Crippen LogP contribution < -0.4 is 4.74 Å². The molecule has 0 amide bonds. The van der Waals surface area contributed by atoms with Crippen molar-refractivity contribution in [2.45, 2.75) is 0 Å². The molecule has 2 aromatic rings. The van der Waals surface area contributed by atoms with Crippen LogP contribution in [0.25, 0.3) is 0 Å². The van der Waals surface area contributed by atoms with Crippen molar-refractivity contribution in [2.24, 2.45) is 0 Å². The van der Waals surface area contributed by atoms with Crippen molar-refractivity contribution < 1.29 is 9.13 Å². The molecular formula is C9H5BrFN3O. The average Bonchev–Trinajstić information content (AvgIpc) is 2.22. The maximum Gasteiger partial charge on any atom is 0.322 e. The van der Waals surface area contributed by atoms with E-state index >= 15 is 0 Å². The normalized spacial score (nSPS) is 10.0. The van der Waals surface area contributed by atoms with Crippen LogP contribution in [0.3, 0.4) is 0 Å². The third kappa shape index (κ3) is 2.69. The topological polar surface area (TPSA) is 47.9 Å². The van der Waals surface area contributed by atoms with Gasteiger partial charge in [0.25, 0.3) is 0 Å². The lowest BCUT2D eigenvalue weighted by atomic mass is 10.5. The SMILES string of the molecule is Fc1cnc(Oc2cncc(Br)c2)nc1. The Kier molecular flexibility index (Phi) is 2.86. The molecule has 0 spiro atoms. The van der Waals surface area contributed by atoms with E-state index in [9.17, 15) is 4.39 Å². The van der Waals surface area contributed by atoms with Crippen molar-refractivity contribution in [1.29, 1.82) is 0 Å². The summed E-state index contributed by atoms with van der Waals surface area (Å²) in [5.74, 6) is -0.0225. The molecule has 0 atom stereocenters. The van der Waals surface area contributed by atoms with Gasteiger partial charge >= 0.3 is 6.01 Å². The Labute approximate surface area is 93.3 Å². The molecule has 0 aliphatic rings. The number of hydrogen-bond donors (Lipinski definition) is 0. The summed E-state index contributed by atoms with van der Waals surface area (Å²) in [6, 6.07) is 1.79. The zero-order valence-electron chi connectivity index (χ0n) is 7.39. The fourth-order valence-electron chi connectivity index (χ4n) is 0.907. The van der Waals surface area contributed by atoms with Crippen molar-refractivity contribution in [3.63, 3.8) is 0 Å². The average molecular weight is 270 g/mol. The van der Waals surface area contributed by atoms with Gasteiger partial charge in [-0.15, -0.1) is 0 Å². The minimum Gasteiger partial charge on any atom is -0.423 e. The lowest BCUT2D eigenvalue weighted by Gasteiger charge is -2.02. The molecule has 0 bridgehead atoms. The van der Waals surface area contributed by atoms with E-state index in [0.29, 0.717) is 5.75 Å². The van der Waals surface area contributed by atoms with E-state index < -0.39 is 5.82 Å². The molecule has 15 heavy (non-hydrogen) atoms. The molecule has 76 valence electrons. The summed E-state index contributed by atoms with van der Waals surface area (Å²) < 4.78 is 18.5. The van der Waals surface area contributed by atoms with Gasteiger partial charge in [-0.3, -0.25) is 4.98 Å². The lowest BCUT2D eigenvalue weighted by Crippen LogP contribution is -1.92. The van der Waals surface area contributed by atoms with Crippen LogP contribution in [0.2, 0.25) is 0 Å². The minimum absolute atomic E-state index is 0.0799. The van der Waals surface area contributed by atoms with E-state index in [2.05, 4.69) is 30.9 Å². The summed E-state index contributed by atoms with van der Waals surface area (Å²) in [6.07, 6.45) is 5.21. The molecule has 2 aromatic heterocycles. The van der Waals surface area contributed by atoms with Gasteiger partial charge in [-0.25, -0.2) is 14.4 Å². The van der Waals surface area contributed by atoms with Crippen LogP contribution in [-0.4, -0.2) is 15.0 Å². The molecule has 0 aliphatic heterocycles. The standard InChI is InChI=1S/C9H5BrFN3O/c10-6-1-8(5-12-2-6)15-9-13-3-7(11)4-14-9/h1-5H. The predicted molar refractivity (Wildman–Crippen MR) is 54.0 cm³/mol. The molecule has 0 N–H and O–H groups in total. The minimum atomic E-state index is -0.505. The van der Waals surface area contributed by atoms with Gasteiger partial charge in [0.1, 0.15) is 0 Å². The summed E-state index contributed by atoms with van der Waals surface area (Å²) in [4.78, 5) is 11.2. The summed E-state index contributed by atoms with van der Waals surface area (Å²) in [5, 5.41) is 0. The van der Waals surface area contributed by atoms with Gasteiger partial charge in [-0.05, 0) is 22.0 Å². The molecule has 0 aromatic carbocycles. The van der Waals surface area contributed by atoms with Gasteiger partial charge in [-0.1, -0.05) is 0 Å². The monoisotopic (exact) mass is 269 g/mol. The van der Waals surface area contributed by atoms with E-state index in [1.165, 1.54) is 6.20 Å². The molecule has 0 fully saturated rings. The maximum absolute atomic E-state index is 12.5. The van der Waals surface area contributed by atoms with Gasteiger partial charge in [0.05, 0.1) is 18.6 Å². The molecule has 6 heteroatoms. The number of pyridine rings is 1. The van der Waals surface area contributed by atoms with Gasteiger partial charge in [0.2, 0.25) is 0 Å². The Morgan fingerprint density at radius 2 is 1.87 bits per heavy atom. The third-order valence-electron chi connectivity index (χ3n) is 1.49. The van der Waals surface area contributed by atoms with E-state index in [-0.39, 0.29) is 6.01 Å². The van der Waals surface area contributed by atoms with Gasteiger partial charge in [-0.2, -0.15) is 0 Å². The number of ether oxygens (including phenoxy) is 1. The van der Waals surface area contributed by atoms with Crippen LogP contribution in [0.5, 0.6) is 11.8 Å². The Morgan fingerprint density at radius 1 is 1.13 bits per heavy atom. The van der Waals surface area contributed by atoms with Crippen molar-refractivity contribution in [2.75, 3.05) is 0 Å². The molecule has 0 aliphatic carbocycles. The van der Waals surface area contributed by atoms with Crippen molar-refractivity contribution in [3.05, 3.63) is 41.1 Å². The highest BCUT2D eigenvalue weighted by molar-refractivity contribution is 9.10. The number of aromatic nitrogens is 3. The summed E-state index contributed by atoms with van der Waals surface area (Å²) in [6.45, 7) is 0. The number of nitrogens with zero attached hydrogens (tertiary/aromatic N) is 3. The van der Waals surface area contributed by atoms with Crippen molar-refractivity contribution in [3.8, 4) is 11.8 Å². The summed E-state index contributed by atoms with van der Waals surface area (Å²) >= 11 is 3.24. The predicted octanol–water partition coefficient (Wildman–Crippen LogP) is 2.57. The Balaban J connectivity index is 2.18. The molecule has 4 nitrogen and oxygen atoms in total. The molecule has 0 radical (unpaired) electrons. The summed E-state index contributed by atoms with van der Waals surface area (Å²) in [7, 11) is 0.